The summed E-state index contributed by atoms with van der Waals surface area (Å²) >= 11 is 17.1. The molecule has 0 aliphatic heterocycles. The molecular formula is C14H16Cl3NO. The van der Waals surface area contributed by atoms with Gasteiger partial charge in [0.2, 0.25) is 0 Å². The zero-order valence-electron chi connectivity index (χ0n) is 10.7. The molecule has 1 amide bonds. The molecule has 0 heterocycles. The van der Waals surface area contributed by atoms with Crippen LogP contribution in [0.25, 0.3) is 0 Å². The Hall–Kier alpha value is -0.700. The summed E-state index contributed by atoms with van der Waals surface area (Å²) in [5.74, 6) is -0.518. The number of benzene rings is 1. The van der Waals surface area contributed by atoms with E-state index in [9.17, 15) is 4.79 Å². The third-order valence-electron chi connectivity index (χ3n) is 2.83. The summed E-state index contributed by atoms with van der Waals surface area (Å²) in [6.07, 6.45) is 2.38. The Labute approximate surface area is 128 Å². The SMILES string of the molecule is C=CCCN(C(=O)C(Cl)(Cl)Cl)[C@@H](C)c1ccccc1. The summed E-state index contributed by atoms with van der Waals surface area (Å²) in [7, 11) is 0. The van der Waals surface area contributed by atoms with Crippen molar-refractivity contribution in [2.75, 3.05) is 6.54 Å². The molecule has 0 fully saturated rings. The third kappa shape index (κ3) is 4.72. The number of carbonyl (C=O) groups excluding carboxylic acids is 1. The second-order valence-electron chi connectivity index (χ2n) is 4.16. The standard InChI is InChI=1S/C14H16Cl3NO/c1-3-4-10-18(13(19)14(15,16)17)11(2)12-8-6-5-7-9-12/h3,5-9,11H,1,4,10H2,2H3/t11-/m0/s1. The molecule has 1 aromatic carbocycles. The molecule has 2 nitrogen and oxygen atoms in total. The van der Waals surface area contributed by atoms with Gasteiger partial charge < -0.3 is 4.90 Å². The highest BCUT2D eigenvalue weighted by atomic mass is 35.6. The Morgan fingerprint density at radius 3 is 2.42 bits per heavy atom. The van der Waals surface area contributed by atoms with E-state index < -0.39 is 9.70 Å². The van der Waals surface area contributed by atoms with Gasteiger partial charge in [-0.1, -0.05) is 71.2 Å². The van der Waals surface area contributed by atoms with Crippen molar-refractivity contribution in [1.29, 1.82) is 0 Å². The minimum absolute atomic E-state index is 0.163. The molecule has 0 aliphatic rings. The van der Waals surface area contributed by atoms with E-state index in [2.05, 4.69) is 6.58 Å². The van der Waals surface area contributed by atoms with Gasteiger partial charge in [-0.2, -0.15) is 0 Å². The van der Waals surface area contributed by atoms with Crippen molar-refractivity contribution in [3.8, 4) is 0 Å². The fraction of sp³-hybridized carbons (Fsp3) is 0.357. The van der Waals surface area contributed by atoms with Crippen molar-refractivity contribution in [2.24, 2.45) is 0 Å². The first-order chi connectivity index (χ1) is 8.88. The van der Waals surface area contributed by atoms with Gasteiger partial charge in [-0.3, -0.25) is 4.79 Å². The average molecular weight is 321 g/mol. The Kier molecular flexibility index (Phi) is 6.18. The number of amides is 1. The molecule has 5 heteroatoms. The number of rotatable bonds is 5. The van der Waals surface area contributed by atoms with Crippen molar-refractivity contribution in [3.63, 3.8) is 0 Å². The fourth-order valence-corrected chi connectivity index (χ4v) is 2.10. The molecule has 0 spiro atoms. The van der Waals surface area contributed by atoms with Crippen LogP contribution in [-0.4, -0.2) is 21.1 Å². The van der Waals surface area contributed by atoms with Crippen LogP contribution in [0.4, 0.5) is 0 Å². The molecule has 0 saturated heterocycles. The highest BCUT2D eigenvalue weighted by Gasteiger charge is 2.37. The van der Waals surface area contributed by atoms with Crippen LogP contribution >= 0.6 is 34.8 Å². The molecule has 1 atom stereocenters. The van der Waals surface area contributed by atoms with E-state index in [0.29, 0.717) is 13.0 Å². The number of halogens is 3. The van der Waals surface area contributed by atoms with Crippen molar-refractivity contribution in [2.45, 2.75) is 23.2 Å². The number of nitrogens with zero attached hydrogens (tertiary/aromatic N) is 1. The number of carbonyl (C=O) groups is 1. The lowest BCUT2D eigenvalue weighted by atomic mass is 10.1. The molecule has 1 aromatic rings. The first-order valence-corrected chi connectivity index (χ1v) is 7.05. The maximum absolute atomic E-state index is 12.2. The summed E-state index contributed by atoms with van der Waals surface area (Å²) in [5.41, 5.74) is 0.995. The molecule has 0 saturated carbocycles. The first-order valence-electron chi connectivity index (χ1n) is 5.91. The van der Waals surface area contributed by atoms with Gasteiger partial charge in [0.25, 0.3) is 9.70 Å². The van der Waals surface area contributed by atoms with Gasteiger partial charge in [0.15, 0.2) is 0 Å². The van der Waals surface area contributed by atoms with Crippen LogP contribution in [0.3, 0.4) is 0 Å². The lowest BCUT2D eigenvalue weighted by Crippen LogP contribution is -2.41. The van der Waals surface area contributed by atoms with Crippen LogP contribution < -0.4 is 0 Å². The molecule has 19 heavy (non-hydrogen) atoms. The zero-order valence-corrected chi connectivity index (χ0v) is 12.9. The maximum Gasteiger partial charge on any atom is 0.275 e. The van der Waals surface area contributed by atoms with Crippen LogP contribution in [0.2, 0.25) is 0 Å². The van der Waals surface area contributed by atoms with Gasteiger partial charge >= 0.3 is 0 Å². The van der Waals surface area contributed by atoms with E-state index in [-0.39, 0.29) is 6.04 Å². The maximum atomic E-state index is 12.2. The molecule has 104 valence electrons. The van der Waals surface area contributed by atoms with E-state index >= 15 is 0 Å². The van der Waals surface area contributed by atoms with Crippen molar-refractivity contribution in [1.82, 2.24) is 4.90 Å². The minimum Gasteiger partial charge on any atom is -0.332 e. The zero-order chi connectivity index (χ0) is 14.5. The van der Waals surface area contributed by atoms with Crippen LogP contribution in [-0.2, 0) is 4.79 Å². The van der Waals surface area contributed by atoms with Gasteiger partial charge in [0.1, 0.15) is 0 Å². The molecule has 0 unspecified atom stereocenters. The van der Waals surface area contributed by atoms with Crippen LogP contribution in [0.5, 0.6) is 0 Å². The topological polar surface area (TPSA) is 20.3 Å². The number of hydrogen-bond acceptors (Lipinski definition) is 1. The largest absolute Gasteiger partial charge is 0.332 e. The highest BCUT2D eigenvalue weighted by Crippen LogP contribution is 2.32. The molecule has 1 rings (SSSR count). The Morgan fingerprint density at radius 2 is 1.95 bits per heavy atom. The summed E-state index contributed by atoms with van der Waals surface area (Å²) in [4.78, 5) is 13.7. The van der Waals surface area contributed by atoms with Crippen LogP contribution in [0, 0.1) is 0 Å². The normalized spacial score (nSPS) is 12.8. The number of hydrogen-bond donors (Lipinski definition) is 0. The first kappa shape index (κ1) is 16.4. The summed E-state index contributed by atoms with van der Waals surface area (Å²) in [6, 6.07) is 9.47. The minimum atomic E-state index is -1.94. The van der Waals surface area contributed by atoms with Crippen LogP contribution in [0.15, 0.2) is 43.0 Å². The summed E-state index contributed by atoms with van der Waals surface area (Å²) < 4.78 is -1.94. The summed E-state index contributed by atoms with van der Waals surface area (Å²) in [5, 5.41) is 0. The van der Waals surface area contributed by atoms with Crippen molar-refractivity contribution < 1.29 is 4.79 Å². The predicted molar refractivity (Wildman–Crippen MR) is 81.7 cm³/mol. The quantitative estimate of drug-likeness (QED) is 0.577. The van der Waals surface area contributed by atoms with E-state index in [1.807, 2.05) is 37.3 Å². The lowest BCUT2D eigenvalue weighted by molar-refractivity contribution is -0.132. The monoisotopic (exact) mass is 319 g/mol. The molecule has 0 N–H and O–H groups in total. The highest BCUT2D eigenvalue weighted by molar-refractivity contribution is 6.76. The van der Waals surface area contributed by atoms with Gasteiger partial charge in [-0.15, -0.1) is 6.58 Å². The Bertz CT molecular complexity index is 428. The number of alkyl halides is 3. The molecule has 0 aromatic heterocycles. The molecular weight excluding hydrogens is 305 g/mol. The van der Waals surface area contributed by atoms with Gasteiger partial charge in [0, 0.05) is 6.54 Å². The predicted octanol–water partition coefficient (Wildman–Crippen LogP) is 4.52. The Morgan fingerprint density at radius 1 is 1.37 bits per heavy atom. The van der Waals surface area contributed by atoms with E-state index in [4.69, 9.17) is 34.8 Å². The molecule has 0 bridgehead atoms. The second-order valence-corrected chi connectivity index (χ2v) is 6.44. The van der Waals surface area contributed by atoms with Crippen molar-refractivity contribution in [3.05, 3.63) is 48.6 Å². The Balaban J connectivity index is 2.97. The summed E-state index contributed by atoms with van der Waals surface area (Å²) in [6.45, 7) is 6.02. The molecule has 0 radical (unpaired) electrons. The van der Waals surface area contributed by atoms with Gasteiger partial charge in [-0.05, 0) is 18.9 Å². The van der Waals surface area contributed by atoms with E-state index in [1.54, 1.807) is 11.0 Å². The smallest absolute Gasteiger partial charge is 0.275 e. The fourth-order valence-electron chi connectivity index (χ4n) is 1.78. The third-order valence-corrected chi connectivity index (χ3v) is 3.31. The van der Waals surface area contributed by atoms with E-state index in [1.165, 1.54) is 0 Å². The van der Waals surface area contributed by atoms with Crippen molar-refractivity contribution >= 4 is 40.7 Å². The average Bonchev–Trinajstić information content (AvgIpc) is 2.38. The second kappa shape index (κ2) is 7.18. The van der Waals surface area contributed by atoms with E-state index in [0.717, 1.165) is 5.56 Å². The lowest BCUT2D eigenvalue weighted by Gasteiger charge is -2.31. The van der Waals surface area contributed by atoms with Gasteiger partial charge in [-0.25, -0.2) is 0 Å². The van der Waals surface area contributed by atoms with Gasteiger partial charge in [0.05, 0.1) is 6.04 Å². The molecule has 0 aliphatic carbocycles. The van der Waals surface area contributed by atoms with Crippen LogP contribution in [0.1, 0.15) is 24.9 Å².